The summed E-state index contributed by atoms with van der Waals surface area (Å²) in [5.41, 5.74) is 5.29. The Hall–Kier alpha value is -2.20. The van der Waals surface area contributed by atoms with Gasteiger partial charge in [-0.25, -0.2) is 0 Å². The lowest BCUT2D eigenvalue weighted by molar-refractivity contribution is -0.104. The SMILES string of the molecule is Cc1ccc(C(=O)N2CCC(C=O)=C(Br)c3ccccc32)cc1C. The van der Waals surface area contributed by atoms with Gasteiger partial charge >= 0.3 is 0 Å². The molecule has 0 saturated carbocycles. The van der Waals surface area contributed by atoms with Crippen molar-refractivity contribution in [2.75, 3.05) is 11.4 Å². The third kappa shape index (κ3) is 2.94. The zero-order valence-corrected chi connectivity index (χ0v) is 15.3. The summed E-state index contributed by atoms with van der Waals surface area (Å²) in [6.07, 6.45) is 1.39. The third-order valence-electron chi connectivity index (χ3n) is 4.46. The Morgan fingerprint density at radius 1 is 1.12 bits per heavy atom. The van der Waals surface area contributed by atoms with Crippen LogP contribution in [0.3, 0.4) is 0 Å². The summed E-state index contributed by atoms with van der Waals surface area (Å²) in [4.78, 5) is 26.2. The van der Waals surface area contributed by atoms with Gasteiger partial charge in [0.1, 0.15) is 6.29 Å². The van der Waals surface area contributed by atoms with Crippen LogP contribution >= 0.6 is 15.9 Å². The summed E-state index contributed by atoms with van der Waals surface area (Å²) in [6.45, 7) is 4.51. The summed E-state index contributed by atoms with van der Waals surface area (Å²) in [5.74, 6) is -0.0435. The number of benzene rings is 2. The van der Waals surface area contributed by atoms with Crippen molar-refractivity contribution in [1.29, 1.82) is 0 Å². The van der Waals surface area contributed by atoms with E-state index in [4.69, 9.17) is 0 Å². The zero-order valence-electron chi connectivity index (χ0n) is 13.7. The second-order valence-electron chi connectivity index (χ2n) is 5.98. The van der Waals surface area contributed by atoms with Gasteiger partial charge in [0, 0.05) is 27.7 Å². The smallest absolute Gasteiger partial charge is 0.258 e. The molecule has 2 aromatic carbocycles. The van der Waals surface area contributed by atoms with Crippen LogP contribution in [0, 0.1) is 13.8 Å². The molecule has 1 aliphatic rings. The first-order valence-corrected chi connectivity index (χ1v) is 8.64. The molecule has 4 heteroatoms. The number of hydrogen-bond acceptors (Lipinski definition) is 2. The fraction of sp³-hybridized carbons (Fsp3) is 0.200. The van der Waals surface area contributed by atoms with E-state index >= 15 is 0 Å². The van der Waals surface area contributed by atoms with Crippen molar-refractivity contribution in [2.24, 2.45) is 0 Å². The minimum atomic E-state index is -0.0435. The number of fused-ring (bicyclic) bond motifs is 1. The molecule has 3 rings (SSSR count). The van der Waals surface area contributed by atoms with Crippen molar-refractivity contribution >= 4 is 38.3 Å². The summed E-state index contributed by atoms with van der Waals surface area (Å²) in [6, 6.07) is 13.4. The largest absolute Gasteiger partial charge is 0.307 e. The highest BCUT2D eigenvalue weighted by molar-refractivity contribution is 9.15. The molecule has 0 radical (unpaired) electrons. The highest BCUT2D eigenvalue weighted by Gasteiger charge is 2.25. The normalized spacial score (nSPS) is 14.2. The van der Waals surface area contributed by atoms with E-state index in [2.05, 4.69) is 15.9 Å². The maximum absolute atomic E-state index is 13.1. The van der Waals surface area contributed by atoms with Crippen LogP contribution in [-0.4, -0.2) is 18.7 Å². The molecule has 0 aliphatic carbocycles. The van der Waals surface area contributed by atoms with Crippen molar-refractivity contribution in [3.05, 3.63) is 70.3 Å². The lowest BCUT2D eigenvalue weighted by atomic mass is 10.0. The molecule has 0 aromatic heterocycles. The molecule has 1 heterocycles. The molecule has 0 unspecified atom stereocenters. The fourth-order valence-corrected chi connectivity index (χ4v) is 3.51. The van der Waals surface area contributed by atoms with Gasteiger partial charge in [0.25, 0.3) is 5.91 Å². The maximum atomic E-state index is 13.1. The van der Waals surface area contributed by atoms with Crippen LogP contribution in [0.4, 0.5) is 5.69 Å². The second kappa shape index (κ2) is 6.73. The van der Waals surface area contributed by atoms with Crippen LogP contribution in [0.5, 0.6) is 0 Å². The minimum Gasteiger partial charge on any atom is -0.307 e. The van der Waals surface area contributed by atoms with Crippen LogP contribution < -0.4 is 4.90 Å². The standard InChI is InChI=1S/C20H18BrNO2/c1-13-7-8-15(11-14(13)2)20(24)22-10-9-16(12-23)19(21)17-5-3-4-6-18(17)22/h3-8,11-12H,9-10H2,1-2H3. The number of para-hydroxylation sites is 1. The van der Waals surface area contributed by atoms with Gasteiger partial charge in [-0.1, -0.05) is 24.3 Å². The monoisotopic (exact) mass is 383 g/mol. The molecule has 0 spiro atoms. The Balaban J connectivity index is 2.06. The highest BCUT2D eigenvalue weighted by Crippen LogP contribution is 2.37. The lowest BCUT2D eigenvalue weighted by Crippen LogP contribution is -2.32. The van der Waals surface area contributed by atoms with Crippen molar-refractivity contribution in [1.82, 2.24) is 0 Å². The number of hydrogen-bond donors (Lipinski definition) is 0. The third-order valence-corrected chi connectivity index (χ3v) is 5.40. The molecule has 0 bridgehead atoms. The highest BCUT2D eigenvalue weighted by atomic mass is 79.9. The van der Waals surface area contributed by atoms with Gasteiger partial charge in [-0.2, -0.15) is 0 Å². The van der Waals surface area contributed by atoms with Crippen LogP contribution in [0.1, 0.15) is 33.5 Å². The maximum Gasteiger partial charge on any atom is 0.258 e. The first-order chi connectivity index (χ1) is 11.5. The van der Waals surface area contributed by atoms with E-state index in [1.54, 1.807) is 4.90 Å². The summed E-state index contributed by atoms with van der Waals surface area (Å²) in [5, 5.41) is 0. The number of carbonyl (C=O) groups excluding carboxylic acids is 2. The van der Waals surface area contributed by atoms with Crippen molar-refractivity contribution < 1.29 is 9.59 Å². The molecule has 0 fully saturated rings. The van der Waals surface area contributed by atoms with Gasteiger partial charge in [0.15, 0.2) is 0 Å². The molecule has 0 atom stereocenters. The number of aryl methyl sites for hydroxylation is 2. The topological polar surface area (TPSA) is 37.4 Å². The molecule has 3 nitrogen and oxygen atoms in total. The molecular formula is C20H18BrNO2. The van der Waals surface area contributed by atoms with Gasteiger partial charge < -0.3 is 4.90 Å². The van der Waals surface area contributed by atoms with Crippen molar-refractivity contribution in [3.63, 3.8) is 0 Å². The Bertz CT molecular complexity index is 854. The van der Waals surface area contributed by atoms with Gasteiger partial charge in [-0.15, -0.1) is 0 Å². The predicted octanol–water partition coefficient (Wildman–Crippen LogP) is 4.66. The second-order valence-corrected chi connectivity index (χ2v) is 6.77. The lowest BCUT2D eigenvalue weighted by Gasteiger charge is -2.23. The number of anilines is 1. The molecule has 1 aliphatic heterocycles. The number of carbonyl (C=O) groups is 2. The van der Waals surface area contributed by atoms with Gasteiger partial charge in [0.2, 0.25) is 0 Å². The molecule has 24 heavy (non-hydrogen) atoms. The number of nitrogens with zero attached hydrogens (tertiary/aromatic N) is 1. The number of halogens is 1. The Kier molecular flexibility index (Phi) is 4.67. The van der Waals surface area contributed by atoms with Crippen LogP contribution in [0.2, 0.25) is 0 Å². The van der Waals surface area contributed by atoms with E-state index in [0.717, 1.165) is 33.1 Å². The molecule has 122 valence electrons. The van der Waals surface area contributed by atoms with E-state index in [-0.39, 0.29) is 5.91 Å². The quantitative estimate of drug-likeness (QED) is 0.707. The molecule has 0 saturated heterocycles. The molecular weight excluding hydrogens is 366 g/mol. The molecule has 2 aromatic rings. The Labute approximate surface area is 150 Å². The summed E-state index contributed by atoms with van der Waals surface area (Å²) in [7, 11) is 0. The fourth-order valence-electron chi connectivity index (χ4n) is 2.88. The zero-order chi connectivity index (χ0) is 17.3. The van der Waals surface area contributed by atoms with E-state index in [9.17, 15) is 9.59 Å². The first kappa shape index (κ1) is 16.7. The average molecular weight is 384 g/mol. The number of amides is 1. The van der Waals surface area contributed by atoms with Crippen LogP contribution in [-0.2, 0) is 4.79 Å². The Morgan fingerprint density at radius 3 is 2.58 bits per heavy atom. The van der Waals surface area contributed by atoms with E-state index < -0.39 is 0 Å². The van der Waals surface area contributed by atoms with E-state index in [1.807, 2.05) is 56.3 Å². The molecule has 0 N–H and O–H groups in total. The number of aldehydes is 1. The van der Waals surface area contributed by atoms with E-state index in [0.29, 0.717) is 24.1 Å². The Morgan fingerprint density at radius 2 is 1.88 bits per heavy atom. The van der Waals surface area contributed by atoms with Gasteiger partial charge in [-0.05, 0) is 65.5 Å². The molecule has 1 amide bonds. The van der Waals surface area contributed by atoms with Crippen LogP contribution in [0.15, 0.2) is 48.0 Å². The number of rotatable bonds is 2. The first-order valence-electron chi connectivity index (χ1n) is 7.85. The summed E-state index contributed by atoms with van der Waals surface area (Å²) >= 11 is 3.53. The van der Waals surface area contributed by atoms with Crippen molar-refractivity contribution in [2.45, 2.75) is 20.3 Å². The average Bonchev–Trinajstić information content (AvgIpc) is 2.74. The van der Waals surface area contributed by atoms with Crippen LogP contribution in [0.25, 0.3) is 4.48 Å². The van der Waals surface area contributed by atoms with Crippen molar-refractivity contribution in [3.8, 4) is 0 Å². The minimum absolute atomic E-state index is 0.0435. The predicted molar refractivity (Wildman–Crippen MR) is 101 cm³/mol. The van der Waals surface area contributed by atoms with Gasteiger partial charge in [0.05, 0.1) is 5.69 Å². The summed E-state index contributed by atoms with van der Waals surface area (Å²) < 4.78 is 0.767. The van der Waals surface area contributed by atoms with E-state index in [1.165, 1.54) is 0 Å². The van der Waals surface area contributed by atoms with Gasteiger partial charge in [-0.3, -0.25) is 9.59 Å².